The third kappa shape index (κ3) is 5.77. The van der Waals surface area contributed by atoms with Crippen molar-refractivity contribution >= 4 is 34.8 Å². The minimum atomic E-state index is -0.214. The highest BCUT2D eigenvalue weighted by atomic mass is 32.2. The maximum atomic E-state index is 12.2. The van der Waals surface area contributed by atoms with Gasteiger partial charge in [-0.25, -0.2) is 19.7 Å². The number of anilines is 1. The molecule has 0 aliphatic rings. The Morgan fingerprint density at radius 1 is 1.25 bits per heavy atom. The van der Waals surface area contributed by atoms with E-state index in [1.54, 1.807) is 29.8 Å². The summed E-state index contributed by atoms with van der Waals surface area (Å²) in [5.74, 6) is 0.438. The number of urea groups is 1. The van der Waals surface area contributed by atoms with E-state index in [-0.39, 0.29) is 6.03 Å². The molecule has 0 saturated carbocycles. The largest absolute Gasteiger partial charge is 0.337 e. The first kappa shape index (κ1) is 20.3. The maximum absolute atomic E-state index is 12.2. The number of aryl methyl sites for hydroxylation is 1. The van der Waals surface area contributed by atoms with E-state index in [0.29, 0.717) is 17.6 Å². The normalized spacial score (nSPS) is 10.9. The van der Waals surface area contributed by atoms with E-state index in [2.05, 4.69) is 44.8 Å². The van der Waals surface area contributed by atoms with Crippen LogP contribution in [0.5, 0.6) is 0 Å². The van der Waals surface area contributed by atoms with Crippen LogP contribution in [0.15, 0.2) is 52.1 Å². The predicted octanol–water partition coefficient (Wildman–Crippen LogP) is 4.88. The molecule has 0 radical (unpaired) electrons. The second-order valence-electron chi connectivity index (χ2n) is 6.57. The van der Waals surface area contributed by atoms with Crippen LogP contribution in [0.2, 0.25) is 0 Å². The number of rotatable bonds is 7. The molecule has 2 amide bonds. The van der Waals surface area contributed by atoms with Crippen LogP contribution in [0, 0.1) is 6.92 Å². The first-order chi connectivity index (χ1) is 13.5. The highest BCUT2D eigenvalue weighted by Gasteiger charge is 2.08. The Balaban J connectivity index is 1.49. The summed E-state index contributed by atoms with van der Waals surface area (Å²) in [6.07, 6.45) is 4.16. The van der Waals surface area contributed by atoms with Gasteiger partial charge in [-0.15, -0.1) is 11.3 Å². The predicted molar refractivity (Wildman–Crippen MR) is 114 cm³/mol. The van der Waals surface area contributed by atoms with E-state index in [1.807, 2.05) is 25.1 Å². The fraction of sp³-hybridized carbons (Fsp3) is 0.300. The van der Waals surface area contributed by atoms with E-state index >= 15 is 0 Å². The Labute approximate surface area is 173 Å². The fourth-order valence-electron chi connectivity index (χ4n) is 2.46. The van der Waals surface area contributed by atoms with Crippen molar-refractivity contribution in [1.29, 1.82) is 0 Å². The number of nitrogens with one attached hydrogen (secondary N) is 2. The molecule has 6 nitrogen and oxygen atoms in total. The number of amides is 2. The molecule has 146 valence electrons. The number of nitrogens with zero attached hydrogens (tertiary/aromatic N) is 3. The average Bonchev–Trinajstić information content (AvgIpc) is 3.14. The quantitative estimate of drug-likeness (QED) is 0.540. The zero-order chi connectivity index (χ0) is 19.9. The summed E-state index contributed by atoms with van der Waals surface area (Å²) in [6.45, 7) is 6.78. The SMILES string of the molecule is Cc1cc(Sc2ncccn2)ccc1NC(=O)NCCc1csc(C(C)C)n1. The summed E-state index contributed by atoms with van der Waals surface area (Å²) in [7, 11) is 0. The average molecular weight is 414 g/mol. The molecule has 3 aromatic rings. The maximum Gasteiger partial charge on any atom is 0.319 e. The summed E-state index contributed by atoms with van der Waals surface area (Å²) >= 11 is 3.16. The molecule has 28 heavy (non-hydrogen) atoms. The molecule has 2 heterocycles. The Morgan fingerprint density at radius 3 is 2.71 bits per heavy atom. The van der Waals surface area contributed by atoms with Crippen molar-refractivity contribution in [2.75, 3.05) is 11.9 Å². The second-order valence-corrected chi connectivity index (χ2v) is 8.50. The molecule has 0 aliphatic heterocycles. The molecule has 3 rings (SSSR count). The highest BCUT2D eigenvalue weighted by molar-refractivity contribution is 7.99. The molecule has 0 saturated heterocycles. The standard InChI is InChI=1S/C20H23N5OS2/c1-13(2)18-24-15(12-27-18)7-10-21-19(26)25-17-6-5-16(11-14(17)3)28-20-22-8-4-9-23-20/h4-6,8-9,11-13H,7,10H2,1-3H3,(H2,21,25,26). The van der Waals surface area contributed by atoms with Crippen LogP contribution < -0.4 is 10.6 Å². The molecular weight excluding hydrogens is 390 g/mol. The van der Waals surface area contributed by atoms with Gasteiger partial charge in [-0.3, -0.25) is 0 Å². The van der Waals surface area contributed by atoms with E-state index in [0.717, 1.165) is 33.3 Å². The number of carbonyl (C=O) groups excluding carboxylic acids is 1. The van der Waals surface area contributed by atoms with Crippen LogP contribution in [0.25, 0.3) is 0 Å². The van der Waals surface area contributed by atoms with Crippen molar-refractivity contribution in [2.45, 2.75) is 43.2 Å². The summed E-state index contributed by atoms with van der Waals surface area (Å²) < 4.78 is 0. The zero-order valence-electron chi connectivity index (χ0n) is 16.1. The second kappa shape index (κ2) is 9.66. The number of aromatic nitrogens is 3. The van der Waals surface area contributed by atoms with Crippen molar-refractivity contribution in [2.24, 2.45) is 0 Å². The van der Waals surface area contributed by atoms with Crippen LogP contribution in [-0.2, 0) is 6.42 Å². The van der Waals surface area contributed by atoms with Gasteiger partial charge in [0, 0.05) is 47.2 Å². The summed E-state index contributed by atoms with van der Waals surface area (Å²) in [5, 5.41) is 9.68. The monoisotopic (exact) mass is 413 g/mol. The molecule has 1 aromatic carbocycles. The Hall–Kier alpha value is -2.45. The smallest absolute Gasteiger partial charge is 0.319 e. The topological polar surface area (TPSA) is 79.8 Å². The van der Waals surface area contributed by atoms with Gasteiger partial charge in [0.2, 0.25) is 0 Å². The number of hydrogen-bond donors (Lipinski definition) is 2. The van der Waals surface area contributed by atoms with Gasteiger partial charge in [-0.1, -0.05) is 13.8 Å². The first-order valence-electron chi connectivity index (χ1n) is 9.06. The molecule has 0 unspecified atom stereocenters. The molecule has 0 fully saturated rings. The van der Waals surface area contributed by atoms with E-state index in [1.165, 1.54) is 11.8 Å². The van der Waals surface area contributed by atoms with Crippen molar-refractivity contribution in [3.63, 3.8) is 0 Å². The summed E-state index contributed by atoms with van der Waals surface area (Å²) in [6, 6.07) is 7.44. The fourth-order valence-corrected chi connectivity index (χ4v) is 4.14. The molecule has 0 atom stereocenters. The third-order valence-electron chi connectivity index (χ3n) is 3.93. The molecule has 2 aromatic heterocycles. The molecule has 0 aliphatic carbocycles. The first-order valence-corrected chi connectivity index (χ1v) is 10.8. The molecule has 0 spiro atoms. The lowest BCUT2D eigenvalue weighted by atomic mass is 10.2. The Kier molecular flexibility index (Phi) is 7.00. The van der Waals surface area contributed by atoms with Gasteiger partial charge in [0.15, 0.2) is 5.16 Å². The highest BCUT2D eigenvalue weighted by Crippen LogP contribution is 2.27. The van der Waals surface area contributed by atoms with Gasteiger partial charge in [0.25, 0.3) is 0 Å². The minimum absolute atomic E-state index is 0.214. The lowest BCUT2D eigenvalue weighted by molar-refractivity contribution is 0.252. The van der Waals surface area contributed by atoms with Crippen molar-refractivity contribution in [1.82, 2.24) is 20.3 Å². The van der Waals surface area contributed by atoms with Crippen molar-refractivity contribution in [3.8, 4) is 0 Å². The van der Waals surface area contributed by atoms with Crippen LogP contribution in [-0.4, -0.2) is 27.5 Å². The van der Waals surface area contributed by atoms with Gasteiger partial charge in [-0.2, -0.15) is 0 Å². The minimum Gasteiger partial charge on any atom is -0.337 e. The van der Waals surface area contributed by atoms with Crippen molar-refractivity contribution in [3.05, 3.63) is 58.3 Å². The third-order valence-corrected chi connectivity index (χ3v) is 6.00. The van der Waals surface area contributed by atoms with Crippen LogP contribution in [0.1, 0.15) is 36.0 Å². The molecule has 0 bridgehead atoms. The number of benzene rings is 1. The Bertz CT molecular complexity index is 927. The summed E-state index contributed by atoms with van der Waals surface area (Å²) in [5.41, 5.74) is 2.79. The number of hydrogen-bond acceptors (Lipinski definition) is 6. The molecule has 8 heteroatoms. The Morgan fingerprint density at radius 2 is 2.04 bits per heavy atom. The van der Waals surface area contributed by atoms with Crippen LogP contribution in [0.3, 0.4) is 0 Å². The van der Waals surface area contributed by atoms with E-state index in [4.69, 9.17) is 0 Å². The molecule has 2 N–H and O–H groups in total. The zero-order valence-corrected chi connectivity index (χ0v) is 17.7. The lowest BCUT2D eigenvalue weighted by Gasteiger charge is -2.11. The van der Waals surface area contributed by atoms with Gasteiger partial charge in [0.1, 0.15) is 0 Å². The summed E-state index contributed by atoms with van der Waals surface area (Å²) in [4.78, 5) is 26.2. The van der Waals surface area contributed by atoms with Gasteiger partial charge < -0.3 is 10.6 Å². The van der Waals surface area contributed by atoms with Gasteiger partial charge in [-0.05, 0) is 48.5 Å². The van der Waals surface area contributed by atoms with E-state index in [9.17, 15) is 4.79 Å². The van der Waals surface area contributed by atoms with Crippen LogP contribution in [0.4, 0.5) is 10.5 Å². The van der Waals surface area contributed by atoms with Crippen molar-refractivity contribution < 1.29 is 4.79 Å². The van der Waals surface area contributed by atoms with Gasteiger partial charge >= 0.3 is 6.03 Å². The van der Waals surface area contributed by atoms with Gasteiger partial charge in [0.05, 0.1) is 10.7 Å². The lowest BCUT2D eigenvalue weighted by Crippen LogP contribution is -2.30. The van der Waals surface area contributed by atoms with E-state index < -0.39 is 0 Å². The number of carbonyl (C=O) groups is 1. The molecular formula is C20H23N5OS2. The number of thiazole rings is 1. The van der Waals surface area contributed by atoms with Crippen LogP contribution >= 0.6 is 23.1 Å².